The molecule has 0 aliphatic carbocycles. The number of hydrogen-bond acceptors (Lipinski definition) is 1. The van der Waals surface area contributed by atoms with Crippen molar-refractivity contribution < 1.29 is 0 Å². The van der Waals surface area contributed by atoms with Crippen molar-refractivity contribution in [2.45, 2.75) is 45.6 Å². The van der Waals surface area contributed by atoms with E-state index in [0.29, 0.717) is 6.04 Å². The van der Waals surface area contributed by atoms with Gasteiger partial charge in [-0.1, -0.05) is 57.0 Å². The van der Waals surface area contributed by atoms with Crippen molar-refractivity contribution in [1.29, 1.82) is 0 Å². The molecule has 15 heavy (non-hydrogen) atoms. The summed E-state index contributed by atoms with van der Waals surface area (Å²) in [5.41, 5.74) is 7.52. The van der Waals surface area contributed by atoms with E-state index < -0.39 is 0 Å². The Bertz CT molecular complexity index is 251. The van der Waals surface area contributed by atoms with Crippen LogP contribution in [0.2, 0.25) is 0 Å². The molecule has 84 valence electrons. The van der Waals surface area contributed by atoms with Gasteiger partial charge in [0.05, 0.1) is 0 Å². The zero-order valence-electron chi connectivity index (χ0n) is 9.95. The molecule has 1 unspecified atom stereocenters. The molecule has 0 aliphatic heterocycles. The van der Waals surface area contributed by atoms with Crippen molar-refractivity contribution in [3.8, 4) is 0 Å². The lowest BCUT2D eigenvalue weighted by molar-refractivity contribution is 0.407. The Labute approximate surface area is 93.7 Å². The molecule has 1 nitrogen and oxygen atoms in total. The summed E-state index contributed by atoms with van der Waals surface area (Å²) in [6, 6.07) is 10.9. The van der Waals surface area contributed by atoms with Gasteiger partial charge in [0.1, 0.15) is 0 Å². The van der Waals surface area contributed by atoms with E-state index in [1.807, 2.05) is 0 Å². The predicted octanol–water partition coefficient (Wildman–Crippen LogP) is 3.38. The van der Waals surface area contributed by atoms with Gasteiger partial charge in [-0.05, 0) is 24.3 Å². The first-order valence-corrected chi connectivity index (χ1v) is 6.05. The Balaban J connectivity index is 2.39. The number of benzene rings is 1. The molecule has 1 aromatic carbocycles. The molecule has 0 saturated carbocycles. The molecule has 1 rings (SSSR count). The van der Waals surface area contributed by atoms with Crippen molar-refractivity contribution in [1.82, 2.24) is 0 Å². The SMILES string of the molecule is CCC(CC)CC(N)Cc1ccccc1. The molecule has 0 aromatic heterocycles. The van der Waals surface area contributed by atoms with Crippen molar-refractivity contribution in [2.75, 3.05) is 0 Å². The molecule has 0 fully saturated rings. The highest BCUT2D eigenvalue weighted by Crippen LogP contribution is 2.16. The van der Waals surface area contributed by atoms with Gasteiger partial charge in [-0.15, -0.1) is 0 Å². The molecule has 0 spiro atoms. The summed E-state index contributed by atoms with van der Waals surface area (Å²) in [6.45, 7) is 4.51. The second-order valence-corrected chi connectivity index (χ2v) is 4.37. The number of hydrogen-bond donors (Lipinski definition) is 1. The summed E-state index contributed by atoms with van der Waals surface area (Å²) in [4.78, 5) is 0. The van der Waals surface area contributed by atoms with E-state index in [-0.39, 0.29) is 0 Å². The lowest BCUT2D eigenvalue weighted by Gasteiger charge is -2.18. The van der Waals surface area contributed by atoms with E-state index in [4.69, 9.17) is 5.73 Å². The molecular formula is C14H23N. The van der Waals surface area contributed by atoms with Gasteiger partial charge in [-0.2, -0.15) is 0 Å². The van der Waals surface area contributed by atoms with Gasteiger partial charge in [0.15, 0.2) is 0 Å². The smallest absolute Gasteiger partial charge is 0.00819 e. The predicted molar refractivity (Wildman–Crippen MR) is 66.8 cm³/mol. The Kier molecular flexibility index (Phi) is 5.41. The summed E-state index contributed by atoms with van der Waals surface area (Å²) in [7, 11) is 0. The van der Waals surface area contributed by atoms with E-state index in [2.05, 4.69) is 44.2 Å². The van der Waals surface area contributed by atoms with Crippen LogP contribution < -0.4 is 5.73 Å². The molecular weight excluding hydrogens is 182 g/mol. The maximum Gasteiger partial charge on any atom is 0.00819 e. The van der Waals surface area contributed by atoms with Gasteiger partial charge < -0.3 is 5.73 Å². The highest BCUT2D eigenvalue weighted by molar-refractivity contribution is 5.15. The third kappa shape index (κ3) is 4.48. The van der Waals surface area contributed by atoms with Crippen LogP contribution >= 0.6 is 0 Å². The topological polar surface area (TPSA) is 26.0 Å². The lowest BCUT2D eigenvalue weighted by Crippen LogP contribution is -2.25. The number of nitrogens with two attached hydrogens (primary N) is 1. The van der Waals surface area contributed by atoms with Crippen LogP contribution in [0.15, 0.2) is 30.3 Å². The van der Waals surface area contributed by atoms with Gasteiger partial charge in [0.2, 0.25) is 0 Å². The molecule has 1 heteroatoms. The Morgan fingerprint density at radius 1 is 1.07 bits per heavy atom. The third-order valence-corrected chi connectivity index (χ3v) is 3.13. The van der Waals surface area contributed by atoms with Crippen LogP contribution in [0.25, 0.3) is 0 Å². The highest BCUT2D eigenvalue weighted by Gasteiger charge is 2.10. The largest absolute Gasteiger partial charge is 0.327 e. The first-order chi connectivity index (χ1) is 7.26. The molecule has 0 radical (unpaired) electrons. The Morgan fingerprint density at radius 3 is 2.20 bits per heavy atom. The summed E-state index contributed by atoms with van der Waals surface area (Å²) in [6.07, 6.45) is 4.66. The van der Waals surface area contributed by atoms with E-state index in [9.17, 15) is 0 Å². The molecule has 0 amide bonds. The minimum atomic E-state index is 0.317. The molecule has 0 heterocycles. The Morgan fingerprint density at radius 2 is 1.67 bits per heavy atom. The summed E-state index contributed by atoms with van der Waals surface area (Å²) < 4.78 is 0. The summed E-state index contributed by atoms with van der Waals surface area (Å²) in [5, 5.41) is 0. The van der Waals surface area contributed by atoms with Crippen molar-refractivity contribution in [2.24, 2.45) is 11.7 Å². The van der Waals surface area contributed by atoms with Gasteiger partial charge in [0.25, 0.3) is 0 Å². The highest BCUT2D eigenvalue weighted by atomic mass is 14.6. The molecule has 1 atom stereocenters. The van der Waals surface area contributed by atoms with Gasteiger partial charge in [-0.25, -0.2) is 0 Å². The maximum atomic E-state index is 6.16. The zero-order valence-corrected chi connectivity index (χ0v) is 9.95. The van der Waals surface area contributed by atoms with E-state index >= 15 is 0 Å². The average Bonchev–Trinajstić information content (AvgIpc) is 2.27. The third-order valence-electron chi connectivity index (χ3n) is 3.13. The fraction of sp³-hybridized carbons (Fsp3) is 0.571. The van der Waals surface area contributed by atoms with Gasteiger partial charge in [-0.3, -0.25) is 0 Å². The Hall–Kier alpha value is -0.820. The maximum absolute atomic E-state index is 6.16. The normalized spacial score (nSPS) is 13.1. The van der Waals surface area contributed by atoms with Crippen molar-refractivity contribution >= 4 is 0 Å². The molecule has 0 aliphatic rings. The second-order valence-electron chi connectivity index (χ2n) is 4.37. The first-order valence-electron chi connectivity index (χ1n) is 6.05. The van der Waals surface area contributed by atoms with Crippen LogP contribution in [-0.2, 0) is 6.42 Å². The van der Waals surface area contributed by atoms with Crippen LogP contribution in [0.5, 0.6) is 0 Å². The number of rotatable bonds is 6. The van der Waals surface area contributed by atoms with Gasteiger partial charge in [0, 0.05) is 6.04 Å². The summed E-state index contributed by atoms with van der Waals surface area (Å²) >= 11 is 0. The van der Waals surface area contributed by atoms with Crippen molar-refractivity contribution in [3.63, 3.8) is 0 Å². The van der Waals surface area contributed by atoms with E-state index in [0.717, 1.165) is 18.8 Å². The van der Waals surface area contributed by atoms with Crippen LogP contribution in [0.4, 0.5) is 0 Å². The van der Waals surface area contributed by atoms with E-state index in [1.54, 1.807) is 0 Å². The lowest BCUT2D eigenvalue weighted by atomic mass is 9.92. The molecule has 0 bridgehead atoms. The van der Waals surface area contributed by atoms with Crippen molar-refractivity contribution in [3.05, 3.63) is 35.9 Å². The minimum Gasteiger partial charge on any atom is -0.327 e. The van der Waals surface area contributed by atoms with Crippen LogP contribution in [0.1, 0.15) is 38.7 Å². The van der Waals surface area contributed by atoms with Gasteiger partial charge >= 0.3 is 0 Å². The average molecular weight is 205 g/mol. The monoisotopic (exact) mass is 205 g/mol. The quantitative estimate of drug-likeness (QED) is 0.757. The molecule has 1 aromatic rings. The fourth-order valence-electron chi connectivity index (χ4n) is 2.05. The zero-order chi connectivity index (χ0) is 11.1. The standard InChI is InChI=1S/C14H23N/c1-3-12(4-2)10-14(15)11-13-8-6-5-7-9-13/h5-9,12,14H,3-4,10-11,15H2,1-2H3. The van der Waals surface area contributed by atoms with Crippen LogP contribution in [0, 0.1) is 5.92 Å². The minimum absolute atomic E-state index is 0.317. The second kappa shape index (κ2) is 6.62. The summed E-state index contributed by atoms with van der Waals surface area (Å²) in [5.74, 6) is 0.795. The molecule has 2 N–H and O–H groups in total. The fourth-order valence-corrected chi connectivity index (χ4v) is 2.05. The van der Waals surface area contributed by atoms with Crippen LogP contribution in [0.3, 0.4) is 0 Å². The molecule has 0 saturated heterocycles. The van der Waals surface area contributed by atoms with E-state index in [1.165, 1.54) is 18.4 Å². The first kappa shape index (κ1) is 12.3. The van der Waals surface area contributed by atoms with Crippen LogP contribution in [-0.4, -0.2) is 6.04 Å².